The first-order valence-electron chi connectivity index (χ1n) is 16.4. The molecule has 5 heteroatoms. The highest BCUT2D eigenvalue weighted by Gasteiger charge is 2.22. The first kappa shape index (κ1) is 27.5. The molecule has 0 atom stereocenters. The minimum absolute atomic E-state index is 0.573. The van der Waals surface area contributed by atoms with E-state index in [0.717, 1.165) is 71.7 Å². The van der Waals surface area contributed by atoms with Gasteiger partial charge in [0, 0.05) is 38.2 Å². The minimum Gasteiger partial charge on any atom is -0.456 e. The third-order valence-electron chi connectivity index (χ3n) is 9.41. The van der Waals surface area contributed by atoms with Crippen molar-refractivity contribution >= 4 is 54.6 Å². The van der Waals surface area contributed by atoms with Crippen LogP contribution in [0.25, 0.3) is 99.9 Å². The molecule has 0 unspecified atom stereocenters. The quantitative estimate of drug-likeness (QED) is 0.194. The van der Waals surface area contributed by atoms with Crippen LogP contribution in [-0.4, -0.2) is 15.0 Å². The zero-order valence-electron chi connectivity index (χ0n) is 26.5. The van der Waals surface area contributed by atoms with Gasteiger partial charge >= 0.3 is 0 Å². The Balaban J connectivity index is 1.31. The van der Waals surface area contributed by atoms with Gasteiger partial charge in [-0.05, 0) is 59.2 Å². The first-order valence-corrected chi connectivity index (χ1v) is 16.4. The molecule has 230 valence electrons. The van der Waals surface area contributed by atoms with Gasteiger partial charge in [-0.3, -0.25) is 0 Å². The molecule has 0 radical (unpaired) electrons. The van der Waals surface area contributed by atoms with Gasteiger partial charge in [-0.15, -0.1) is 0 Å². The van der Waals surface area contributed by atoms with Crippen LogP contribution >= 0.6 is 0 Å². The fourth-order valence-corrected chi connectivity index (χ4v) is 7.07. The molecule has 10 aromatic rings. The number of nitrogens with zero attached hydrogens (tertiary/aromatic N) is 3. The van der Waals surface area contributed by atoms with Gasteiger partial charge in [-0.1, -0.05) is 121 Å². The van der Waals surface area contributed by atoms with E-state index in [9.17, 15) is 0 Å². The van der Waals surface area contributed by atoms with Gasteiger partial charge in [0.15, 0.2) is 17.5 Å². The molecule has 0 amide bonds. The van der Waals surface area contributed by atoms with Gasteiger partial charge in [-0.2, -0.15) is 0 Å². The van der Waals surface area contributed by atoms with Gasteiger partial charge in [0.05, 0.1) is 0 Å². The Bertz CT molecular complexity index is 2890. The molecule has 0 saturated carbocycles. The maximum atomic E-state index is 6.54. The SMILES string of the molecule is Cc1ccc(-c2nc(-c3cccc4oc5ccccc5c34)nc(-c3cc(-c4cccc5ccccc45)cc4oc5ccccc5c34)n2)cc1. The molecule has 0 aliphatic carbocycles. The summed E-state index contributed by atoms with van der Waals surface area (Å²) in [6.07, 6.45) is 0. The van der Waals surface area contributed by atoms with Crippen molar-refractivity contribution in [3.8, 4) is 45.3 Å². The Hall–Kier alpha value is -6.59. The standard InChI is InChI=1S/C44H27N3O2/c1-26-20-22-28(23-21-26)42-45-43(34-16-9-19-38-40(34)32-13-4-6-17-36(32)48-38)47-44(46-42)35-24-29(31-15-8-11-27-10-2-3-12-30(27)31)25-39-41(35)33-14-5-7-18-37(33)49-39/h2-25H,1H3. The number of para-hydroxylation sites is 2. The number of aromatic nitrogens is 3. The summed E-state index contributed by atoms with van der Waals surface area (Å²) in [4.78, 5) is 15.6. The molecule has 7 aromatic carbocycles. The van der Waals surface area contributed by atoms with Gasteiger partial charge in [0.2, 0.25) is 0 Å². The van der Waals surface area contributed by atoms with Crippen LogP contribution in [0.3, 0.4) is 0 Å². The molecule has 0 spiro atoms. The predicted molar refractivity (Wildman–Crippen MR) is 198 cm³/mol. The molecule has 0 bridgehead atoms. The number of hydrogen-bond donors (Lipinski definition) is 0. The largest absolute Gasteiger partial charge is 0.456 e. The lowest BCUT2D eigenvalue weighted by Gasteiger charge is -2.12. The average Bonchev–Trinajstić information content (AvgIpc) is 3.73. The van der Waals surface area contributed by atoms with E-state index in [2.05, 4.69) is 104 Å². The summed E-state index contributed by atoms with van der Waals surface area (Å²) in [6.45, 7) is 2.08. The van der Waals surface area contributed by atoms with Gasteiger partial charge in [0.25, 0.3) is 0 Å². The zero-order valence-corrected chi connectivity index (χ0v) is 26.5. The normalized spacial score (nSPS) is 11.8. The van der Waals surface area contributed by atoms with Crippen molar-refractivity contribution in [3.05, 3.63) is 151 Å². The molecular formula is C44H27N3O2. The molecule has 3 aromatic heterocycles. The van der Waals surface area contributed by atoms with Crippen LogP contribution in [0.15, 0.2) is 154 Å². The first-order chi connectivity index (χ1) is 24.2. The topological polar surface area (TPSA) is 65.0 Å². The lowest BCUT2D eigenvalue weighted by molar-refractivity contribution is 0.668. The highest BCUT2D eigenvalue weighted by molar-refractivity contribution is 6.15. The van der Waals surface area contributed by atoms with Crippen LogP contribution in [0.4, 0.5) is 0 Å². The number of fused-ring (bicyclic) bond motifs is 7. The molecular weight excluding hydrogens is 603 g/mol. The van der Waals surface area contributed by atoms with Crippen LogP contribution < -0.4 is 0 Å². The van der Waals surface area contributed by atoms with Crippen molar-refractivity contribution in [2.75, 3.05) is 0 Å². The van der Waals surface area contributed by atoms with E-state index < -0.39 is 0 Å². The van der Waals surface area contributed by atoms with E-state index in [1.54, 1.807) is 0 Å². The molecule has 3 heterocycles. The van der Waals surface area contributed by atoms with Crippen molar-refractivity contribution in [2.45, 2.75) is 6.92 Å². The molecule has 0 N–H and O–H groups in total. The van der Waals surface area contributed by atoms with Crippen molar-refractivity contribution < 1.29 is 8.83 Å². The predicted octanol–water partition coefficient (Wildman–Crippen LogP) is 11.8. The van der Waals surface area contributed by atoms with E-state index in [-0.39, 0.29) is 0 Å². The van der Waals surface area contributed by atoms with Crippen molar-refractivity contribution in [2.24, 2.45) is 0 Å². The average molecular weight is 630 g/mol. The van der Waals surface area contributed by atoms with E-state index in [1.165, 1.54) is 16.3 Å². The summed E-state index contributed by atoms with van der Waals surface area (Å²) in [5.41, 5.74) is 9.21. The second kappa shape index (κ2) is 10.7. The lowest BCUT2D eigenvalue weighted by atomic mass is 9.94. The summed E-state index contributed by atoms with van der Waals surface area (Å²) in [7, 11) is 0. The summed E-state index contributed by atoms with van der Waals surface area (Å²) in [5.74, 6) is 1.75. The van der Waals surface area contributed by atoms with Crippen molar-refractivity contribution in [1.29, 1.82) is 0 Å². The van der Waals surface area contributed by atoms with E-state index in [4.69, 9.17) is 23.8 Å². The van der Waals surface area contributed by atoms with Crippen LogP contribution in [0.1, 0.15) is 5.56 Å². The van der Waals surface area contributed by atoms with E-state index >= 15 is 0 Å². The van der Waals surface area contributed by atoms with Gasteiger partial charge < -0.3 is 8.83 Å². The fraction of sp³-hybridized carbons (Fsp3) is 0.0227. The molecule has 0 fully saturated rings. The van der Waals surface area contributed by atoms with Crippen LogP contribution in [-0.2, 0) is 0 Å². The number of furan rings is 2. The third-order valence-corrected chi connectivity index (χ3v) is 9.41. The summed E-state index contributed by atoms with van der Waals surface area (Å²) >= 11 is 0. The number of benzene rings is 7. The summed E-state index contributed by atoms with van der Waals surface area (Å²) in [5, 5.41) is 6.33. The Morgan fingerprint density at radius 3 is 1.71 bits per heavy atom. The molecule has 10 rings (SSSR count). The third kappa shape index (κ3) is 4.44. The summed E-state index contributed by atoms with van der Waals surface area (Å²) < 4.78 is 12.8. The Morgan fingerprint density at radius 1 is 0.388 bits per heavy atom. The van der Waals surface area contributed by atoms with E-state index in [0.29, 0.717) is 17.5 Å². The second-order valence-corrected chi connectivity index (χ2v) is 12.5. The molecule has 0 saturated heterocycles. The lowest BCUT2D eigenvalue weighted by Crippen LogP contribution is -2.01. The van der Waals surface area contributed by atoms with Crippen LogP contribution in [0.5, 0.6) is 0 Å². The molecule has 5 nitrogen and oxygen atoms in total. The Kier molecular flexibility index (Phi) is 6.02. The Morgan fingerprint density at radius 2 is 0.939 bits per heavy atom. The number of aryl methyl sites for hydroxylation is 1. The zero-order chi connectivity index (χ0) is 32.5. The van der Waals surface area contributed by atoms with E-state index in [1.807, 2.05) is 48.5 Å². The van der Waals surface area contributed by atoms with Crippen molar-refractivity contribution in [3.63, 3.8) is 0 Å². The van der Waals surface area contributed by atoms with Gasteiger partial charge in [0.1, 0.15) is 22.3 Å². The Labute approximate surface area is 281 Å². The highest BCUT2D eigenvalue weighted by Crippen LogP contribution is 2.42. The smallest absolute Gasteiger partial charge is 0.164 e. The van der Waals surface area contributed by atoms with Gasteiger partial charge in [-0.25, -0.2) is 15.0 Å². The van der Waals surface area contributed by atoms with Crippen LogP contribution in [0.2, 0.25) is 0 Å². The highest BCUT2D eigenvalue weighted by atomic mass is 16.3. The minimum atomic E-state index is 0.573. The van der Waals surface area contributed by atoms with Crippen LogP contribution in [0, 0.1) is 6.92 Å². The molecule has 49 heavy (non-hydrogen) atoms. The number of hydrogen-bond acceptors (Lipinski definition) is 5. The fourth-order valence-electron chi connectivity index (χ4n) is 7.07. The maximum Gasteiger partial charge on any atom is 0.164 e. The number of rotatable bonds is 4. The molecule has 0 aliphatic rings. The maximum absolute atomic E-state index is 6.54. The second-order valence-electron chi connectivity index (χ2n) is 12.5. The monoisotopic (exact) mass is 629 g/mol. The van der Waals surface area contributed by atoms with Crippen molar-refractivity contribution in [1.82, 2.24) is 15.0 Å². The molecule has 0 aliphatic heterocycles. The summed E-state index contributed by atoms with van der Waals surface area (Å²) in [6, 6.07) is 49.9.